The lowest BCUT2D eigenvalue weighted by Gasteiger charge is -1.96. The number of carboxylic acids is 1. The summed E-state index contributed by atoms with van der Waals surface area (Å²) in [6.45, 7) is 0. The molecule has 1 N–H and O–H groups in total. The van der Waals surface area contributed by atoms with Crippen molar-refractivity contribution in [3.8, 4) is 0 Å². The van der Waals surface area contributed by atoms with Crippen molar-refractivity contribution in [1.29, 1.82) is 0 Å². The van der Waals surface area contributed by atoms with Crippen molar-refractivity contribution in [2.75, 3.05) is 0 Å². The van der Waals surface area contributed by atoms with Crippen molar-refractivity contribution in [2.24, 2.45) is 0 Å². The van der Waals surface area contributed by atoms with Crippen molar-refractivity contribution < 1.29 is 18.8 Å². The van der Waals surface area contributed by atoms with E-state index in [0.717, 1.165) is 5.56 Å². The molecule has 1 heterocycles. The van der Waals surface area contributed by atoms with E-state index in [-0.39, 0.29) is 12.2 Å². The summed E-state index contributed by atoms with van der Waals surface area (Å²) < 4.78 is 18.0. The summed E-state index contributed by atoms with van der Waals surface area (Å²) in [4.78, 5) is 14.5. The van der Waals surface area contributed by atoms with Gasteiger partial charge in [0.25, 0.3) is 0 Å². The molecule has 0 aliphatic carbocycles. The van der Waals surface area contributed by atoms with E-state index >= 15 is 0 Å². The summed E-state index contributed by atoms with van der Waals surface area (Å²) in [6, 6.07) is 6.19. The number of hydrogen-bond donors (Lipinski definition) is 1. The second kappa shape index (κ2) is 6.08. The molecule has 100 valence electrons. The molecule has 0 saturated carbocycles. The number of rotatable bonds is 6. The largest absolute Gasteiger partial charge is 0.481 e. The number of aliphatic carboxylic acids is 1. The Morgan fingerprint density at radius 3 is 3.00 bits per heavy atom. The molecule has 0 saturated heterocycles. The first-order valence-electron chi connectivity index (χ1n) is 5.91. The molecule has 5 nitrogen and oxygen atoms in total. The lowest BCUT2D eigenvalue weighted by atomic mass is 10.1. The molecule has 0 atom stereocenters. The van der Waals surface area contributed by atoms with E-state index < -0.39 is 5.97 Å². The summed E-state index contributed by atoms with van der Waals surface area (Å²) in [6.07, 6.45) is 1.35. The lowest BCUT2D eigenvalue weighted by Crippen LogP contribution is -1.96. The highest BCUT2D eigenvalue weighted by atomic mass is 19.1. The van der Waals surface area contributed by atoms with E-state index in [4.69, 9.17) is 9.63 Å². The third kappa shape index (κ3) is 4.17. The first-order valence-corrected chi connectivity index (χ1v) is 5.91. The van der Waals surface area contributed by atoms with Gasteiger partial charge in [-0.3, -0.25) is 4.79 Å². The van der Waals surface area contributed by atoms with Crippen LogP contribution in [0, 0.1) is 5.82 Å². The fourth-order valence-corrected chi connectivity index (χ4v) is 1.68. The number of hydrogen-bond acceptors (Lipinski definition) is 4. The standard InChI is InChI=1S/C13H13FN2O3/c14-10-4-1-3-9(7-10)8-11-15-12(19-16-11)5-2-6-13(17)18/h1,3-4,7H,2,5-6,8H2,(H,17,18). The lowest BCUT2D eigenvalue weighted by molar-refractivity contribution is -0.137. The molecule has 19 heavy (non-hydrogen) atoms. The Bertz CT molecular complexity index is 569. The molecule has 0 bridgehead atoms. The third-order valence-electron chi connectivity index (χ3n) is 2.54. The Morgan fingerprint density at radius 2 is 2.26 bits per heavy atom. The average molecular weight is 264 g/mol. The highest BCUT2D eigenvalue weighted by molar-refractivity contribution is 5.66. The van der Waals surface area contributed by atoms with Crippen LogP contribution in [0.15, 0.2) is 28.8 Å². The molecule has 1 aromatic heterocycles. The van der Waals surface area contributed by atoms with Gasteiger partial charge < -0.3 is 9.63 Å². The van der Waals surface area contributed by atoms with Gasteiger partial charge in [-0.05, 0) is 24.1 Å². The van der Waals surface area contributed by atoms with Gasteiger partial charge in [0.05, 0.1) is 0 Å². The molecule has 0 spiro atoms. The van der Waals surface area contributed by atoms with E-state index in [1.165, 1.54) is 12.1 Å². The maximum absolute atomic E-state index is 13.0. The molecule has 0 unspecified atom stereocenters. The Morgan fingerprint density at radius 1 is 1.42 bits per heavy atom. The number of carbonyl (C=O) groups is 1. The summed E-state index contributed by atoms with van der Waals surface area (Å²) in [5.41, 5.74) is 0.762. The van der Waals surface area contributed by atoms with E-state index in [1.54, 1.807) is 12.1 Å². The second-order valence-corrected chi connectivity index (χ2v) is 4.16. The van der Waals surface area contributed by atoms with Crippen molar-refractivity contribution in [3.05, 3.63) is 47.4 Å². The Kier molecular flexibility index (Phi) is 4.22. The van der Waals surface area contributed by atoms with Crippen molar-refractivity contribution in [3.63, 3.8) is 0 Å². The van der Waals surface area contributed by atoms with Crippen LogP contribution in [-0.4, -0.2) is 21.2 Å². The molecule has 0 fully saturated rings. The summed E-state index contributed by atoms with van der Waals surface area (Å²) in [5, 5.41) is 12.3. The van der Waals surface area contributed by atoms with Crippen LogP contribution in [0.2, 0.25) is 0 Å². The molecule has 0 radical (unpaired) electrons. The summed E-state index contributed by atoms with van der Waals surface area (Å²) in [7, 11) is 0. The van der Waals surface area contributed by atoms with E-state index in [1.807, 2.05) is 0 Å². The van der Waals surface area contributed by atoms with Gasteiger partial charge in [0, 0.05) is 19.3 Å². The quantitative estimate of drug-likeness (QED) is 0.865. The Balaban J connectivity index is 1.92. The number of nitrogens with zero attached hydrogens (tertiary/aromatic N) is 2. The minimum atomic E-state index is -0.848. The molecular formula is C13H13FN2O3. The molecule has 6 heteroatoms. The van der Waals surface area contributed by atoms with Crippen LogP contribution in [0.25, 0.3) is 0 Å². The fraction of sp³-hybridized carbons (Fsp3) is 0.308. The first-order chi connectivity index (χ1) is 9.13. The zero-order chi connectivity index (χ0) is 13.7. The minimum absolute atomic E-state index is 0.0710. The van der Waals surface area contributed by atoms with Crippen LogP contribution in [0.3, 0.4) is 0 Å². The molecule has 0 amide bonds. The van der Waals surface area contributed by atoms with Crippen LogP contribution in [-0.2, 0) is 17.6 Å². The van der Waals surface area contributed by atoms with Crippen LogP contribution in [0.5, 0.6) is 0 Å². The van der Waals surface area contributed by atoms with Gasteiger partial charge in [0.2, 0.25) is 5.89 Å². The van der Waals surface area contributed by atoms with Crippen LogP contribution < -0.4 is 0 Å². The topological polar surface area (TPSA) is 76.2 Å². The molecule has 2 rings (SSSR count). The first kappa shape index (κ1) is 13.2. The predicted octanol–water partition coefficient (Wildman–Crippen LogP) is 2.21. The zero-order valence-corrected chi connectivity index (χ0v) is 10.2. The monoisotopic (exact) mass is 264 g/mol. The van der Waals surface area contributed by atoms with Crippen molar-refractivity contribution in [2.45, 2.75) is 25.7 Å². The Hall–Kier alpha value is -2.24. The number of aryl methyl sites for hydroxylation is 1. The van der Waals surface area contributed by atoms with Gasteiger partial charge in [-0.15, -0.1) is 0 Å². The third-order valence-corrected chi connectivity index (χ3v) is 2.54. The molecule has 2 aromatic rings. The zero-order valence-electron chi connectivity index (χ0n) is 10.2. The highest BCUT2D eigenvalue weighted by Gasteiger charge is 2.08. The normalized spacial score (nSPS) is 10.6. The van der Waals surface area contributed by atoms with Crippen LogP contribution in [0.4, 0.5) is 4.39 Å². The van der Waals surface area contributed by atoms with Gasteiger partial charge in [-0.1, -0.05) is 17.3 Å². The average Bonchev–Trinajstić information content (AvgIpc) is 2.76. The van der Waals surface area contributed by atoms with Crippen LogP contribution in [0.1, 0.15) is 30.1 Å². The number of carboxylic acid groups (broad SMARTS) is 1. The molecule has 0 aliphatic heterocycles. The van der Waals surface area contributed by atoms with Crippen LogP contribution >= 0.6 is 0 Å². The van der Waals surface area contributed by atoms with Crippen molar-refractivity contribution in [1.82, 2.24) is 10.1 Å². The van der Waals surface area contributed by atoms with Gasteiger partial charge in [0.1, 0.15) is 5.82 Å². The predicted molar refractivity (Wildman–Crippen MR) is 64.1 cm³/mol. The number of halogens is 1. The smallest absolute Gasteiger partial charge is 0.303 e. The Labute approximate surface area is 109 Å². The molecular weight excluding hydrogens is 251 g/mol. The minimum Gasteiger partial charge on any atom is -0.481 e. The molecule has 1 aromatic carbocycles. The van der Waals surface area contributed by atoms with Gasteiger partial charge >= 0.3 is 5.97 Å². The van der Waals surface area contributed by atoms with Crippen molar-refractivity contribution >= 4 is 5.97 Å². The van der Waals surface area contributed by atoms with E-state index in [9.17, 15) is 9.18 Å². The highest BCUT2D eigenvalue weighted by Crippen LogP contribution is 2.10. The van der Waals surface area contributed by atoms with Gasteiger partial charge in [-0.25, -0.2) is 4.39 Å². The summed E-state index contributed by atoms with van der Waals surface area (Å²) in [5.74, 6) is -0.272. The number of benzene rings is 1. The summed E-state index contributed by atoms with van der Waals surface area (Å²) >= 11 is 0. The van der Waals surface area contributed by atoms with Gasteiger partial charge in [-0.2, -0.15) is 4.98 Å². The maximum atomic E-state index is 13.0. The SMILES string of the molecule is O=C(O)CCCc1nc(Cc2cccc(F)c2)no1. The fourth-order valence-electron chi connectivity index (χ4n) is 1.68. The van der Waals surface area contributed by atoms with Gasteiger partial charge in [0.15, 0.2) is 5.82 Å². The maximum Gasteiger partial charge on any atom is 0.303 e. The second-order valence-electron chi connectivity index (χ2n) is 4.16. The molecule has 0 aliphatic rings. The van der Waals surface area contributed by atoms with E-state index in [2.05, 4.69) is 10.1 Å². The van der Waals surface area contributed by atoms with E-state index in [0.29, 0.717) is 31.0 Å². The number of aromatic nitrogens is 2.